The lowest BCUT2D eigenvalue weighted by atomic mass is 9.84. The van der Waals surface area contributed by atoms with Gasteiger partial charge in [-0.3, -0.25) is 9.69 Å². The minimum absolute atomic E-state index is 0. The zero-order valence-corrected chi connectivity index (χ0v) is 21.2. The number of nitrogens with one attached hydrogen (secondary N) is 1. The largest absolute Gasteiger partial charge is 0.360 e. The van der Waals surface area contributed by atoms with Crippen molar-refractivity contribution in [2.45, 2.75) is 63.4 Å². The van der Waals surface area contributed by atoms with Crippen LogP contribution < -0.4 is 5.32 Å². The molecule has 2 fully saturated rings. The van der Waals surface area contributed by atoms with Crippen molar-refractivity contribution in [1.82, 2.24) is 14.5 Å². The quantitative estimate of drug-likeness (QED) is 0.433. The van der Waals surface area contributed by atoms with Gasteiger partial charge in [-0.1, -0.05) is 38.0 Å². The van der Waals surface area contributed by atoms with Gasteiger partial charge >= 0.3 is 0 Å². The predicted molar refractivity (Wildman–Crippen MR) is 130 cm³/mol. The monoisotopic (exact) mass is 505 g/mol. The number of rotatable bonds is 8. The number of hydrogen-bond donors (Lipinski definition) is 1. The highest BCUT2D eigenvalue weighted by Crippen LogP contribution is 2.38. The normalized spacial score (nSPS) is 26.1. The molecule has 1 aliphatic heterocycles. The lowest BCUT2D eigenvalue weighted by Crippen LogP contribution is -2.67. The van der Waals surface area contributed by atoms with E-state index in [1.54, 1.807) is 24.3 Å². The molecule has 2 aliphatic rings. The van der Waals surface area contributed by atoms with Gasteiger partial charge in [0.1, 0.15) is 12.4 Å². The highest BCUT2D eigenvalue weighted by molar-refractivity contribution is 7.89. The lowest BCUT2D eigenvalue weighted by molar-refractivity contribution is -0.0915. The Morgan fingerprint density at radius 1 is 1.21 bits per heavy atom. The maximum absolute atomic E-state index is 14.9. The number of sulfonamides is 1. The summed E-state index contributed by atoms with van der Waals surface area (Å²) in [6.45, 7) is 3.55. The molecule has 0 bridgehead atoms. The highest BCUT2D eigenvalue weighted by atomic mass is 35.5. The summed E-state index contributed by atoms with van der Waals surface area (Å²) in [6.07, 6.45) is 1.93. The van der Waals surface area contributed by atoms with Crippen molar-refractivity contribution in [3.05, 3.63) is 35.9 Å². The van der Waals surface area contributed by atoms with Crippen LogP contribution in [0.3, 0.4) is 0 Å². The second kappa shape index (κ2) is 12.4. The van der Waals surface area contributed by atoms with Gasteiger partial charge in [-0.15, -0.1) is 12.4 Å². The molecular formula is C23H37ClFN3O4S. The summed E-state index contributed by atoms with van der Waals surface area (Å²) < 4.78 is 47.3. The Morgan fingerprint density at radius 2 is 1.88 bits per heavy atom. The number of methoxy groups -OCH3 is 1. The smallest absolute Gasteiger partial charge is 0.253 e. The first-order chi connectivity index (χ1) is 15.3. The first-order valence-corrected chi connectivity index (χ1v) is 13.2. The van der Waals surface area contributed by atoms with E-state index in [2.05, 4.69) is 10.2 Å². The van der Waals surface area contributed by atoms with Crippen LogP contribution in [0.25, 0.3) is 0 Å². The topological polar surface area (TPSA) is 79.0 Å². The summed E-state index contributed by atoms with van der Waals surface area (Å²) >= 11 is 0. The molecule has 1 heterocycles. The molecule has 10 heteroatoms. The standard InChI is InChI=1S/C23H36FN3O4S.ClH/c1-3-17-32(29,30)27-15-13-26(14-16-27)23(12-8-7-11-20(24)18-23)22(31-2)25-21(28)19-9-5-4-6-10-19;/h4-6,9-10,20,22H,3,7-8,11-18H2,1-2H3,(H,25,28);1H. The molecule has 1 amide bonds. The number of alkyl halides is 1. The molecule has 3 atom stereocenters. The van der Waals surface area contributed by atoms with Crippen LogP contribution in [0.15, 0.2) is 30.3 Å². The Morgan fingerprint density at radius 3 is 2.48 bits per heavy atom. The third kappa shape index (κ3) is 6.66. The fraction of sp³-hybridized carbons (Fsp3) is 0.696. The van der Waals surface area contributed by atoms with E-state index >= 15 is 0 Å². The second-order valence-corrected chi connectivity index (χ2v) is 10.9. The number of ether oxygens (including phenoxy) is 1. The van der Waals surface area contributed by atoms with E-state index in [4.69, 9.17) is 4.74 Å². The molecule has 1 aromatic carbocycles. The van der Waals surface area contributed by atoms with Crippen LogP contribution in [0.4, 0.5) is 4.39 Å². The molecule has 33 heavy (non-hydrogen) atoms. The molecule has 1 saturated heterocycles. The van der Waals surface area contributed by atoms with E-state index < -0.39 is 28.0 Å². The average Bonchev–Trinajstić information content (AvgIpc) is 3.00. The van der Waals surface area contributed by atoms with E-state index in [-0.39, 0.29) is 30.5 Å². The Labute approximate surface area is 203 Å². The van der Waals surface area contributed by atoms with E-state index in [9.17, 15) is 17.6 Å². The Balaban J connectivity index is 0.00000385. The first-order valence-electron chi connectivity index (χ1n) is 11.6. The van der Waals surface area contributed by atoms with Gasteiger partial charge in [-0.2, -0.15) is 4.31 Å². The van der Waals surface area contributed by atoms with Crippen molar-refractivity contribution in [1.29, 1.82) is 0 Å². The molecule has 1 N–H and O–H groups in total. The molecule has 3 unspecified atom stereocenters. The van der Waals surface area contributed by atoms with Crippen molar-refractivity contribution in [3.63, 3.8) is 0 Å². The third-order valence-electron chi connectivity index (χ3n) is 6.70. The van der Waals surface area contributed by atoms with Gasteiger partial charge in [0.15, 0.2) is 0 Å². The van der Waals surface area contributed by atoms with Crippen molar-refractivity contribution in [2.75, 3.05) is 39.0 Å². The van der Waals surface area contributed by atoms with Crippen LogP contribution >= 0.6 is 12.4 Å². The summed E-state index contributed by atoms with van der Waals surface area (Å²) in [5.74, 6) is -0.126. The van der Waals surface area contributed by atoms with Crippen LogP contribution in [0.1, 0.15) is 55.8 Å². The molecule has 0 radical (unpaired) electrons. The number of piperazine rings is 1. The van der Waals surface area contributed by atoms with E-state index in [0.29, 0.717) is 51.0 Å². The molecule has 3 rings (SSSR count). The fourth-order valence-corrected chi connectivity index (χ4v) is 6.57. The molecule has 0 spiro atoms. The molecule has 7 nitrogen and oxygen atoms in total. The number of halogens is 2. The van der Waals surface area contributed by atoms with Gasteiger partial charge in [0, 0.05) is 45.3 Å². The maximum atomic E-state index is 14.9. The van der Waals surface area contributed by atoms with E-state index in [1.165, 1.54) is 11.4 Å². The summed E-state index contributed by atoms with van der Waals surface area (Å²) in [6, 6.07) is 8.91. The van der Waals surface area contributed by atoms with E-state index in [0.717, 1.165) is 12.8 Å². The highest BCUT2D eigenvalue weighted by Gasteiger charge is 2.48. The minimum atomic E-state index is -3.27. The summed E-state index contributed by atoms with van der Waals surface area (Å²) in [4.78, 5) is 15.1. The van der Waals surface area contributed by atoms with Crippen molar-refractivity contribution < 1.29 is 22.3 Å². The predicted octanol–water partition coefficient (Wildman–Crippen LogP) is 3.21. The summed E-state index contributed by atoms with van der Waals surface area (Å²) in [7, 11) is -1.74. The maximum Gasteiger partial charge on any atom is 0.253 e. The van der Waals surface area contributed by atoms with Crippen LogP contribution in [-0.4, -0.2) is 80.5 Å². The SMILES string of the molecule is CCCS(=O)(=O)N1CCN(C2(C(NC(=O)c3ccccc3)OC)CCCCC(F)C2)CC1.Cl. The third-order valence-corrected chi connectivity index (χ3v) is 8.77. The average molecular weight is 506 g/mol. The Hall–Kier alpha value is -1.26. The zero-order valence-electron chi connectivity index (χ0n) is 19.5. The van der Waals surface area contributed by atoms with Crippen LogP contribution in [0, 0.1) is 0 Å². The number of nitrogens with zero attached hydrogens (tertiary/aromatic N) is 2. The van der Waals surface area contributed by atoms with E-state index in [1.807, 2.05) is 13.0 Å². The van der Waals surface area contributed by atoms with Crippen LogP contribution in [0.2, 0.25) is 0 Å². The molecule has 1 saturated carbocycles. The molecule has 0 aromatic heterocycles. The summed E-state index contributed by atoms with van der Waals surface area (Å²) in [5, 5.41) is 3.00. The minimum Gasteiger partial charge on any atom is -0.360 e. The summed E-state index contributed by atoms with van der Waals surface area (Å²) in [5.41, 5.74) is -0.207. The molecule has 188 valence electrons. The van der Waals surface area contributed by atoms with Gasteiger partial charge in [0.25, 0.3) is 5.91 Å². The van der Waals surface area contributed by atoms with Crippen LogP contribution in [-0.2, 0) is 14.8 Å². The Bertz CT molecular complexity index is 853. The van der Waals surface area contributed by atoms with Crippen molar-refractivity contribution in [2.24, 2.45) is 0 Å². The number of carbonyl (C=O) groups is 1. The first kappa shape index (κ1) is 28.0. The fourth-order valence-electron chi connectivity index (χ4n) is 5.08. The molecular weight excluding hydrogens is 469 g/mol. The van der Waals surface area contributed by atoms with Gasteiger partial charge in [0.05, 0.1) is 11.3 Å². The zero-order chi connectivity index (χ0) is 23.2. The van der Waals surface area contributed by atoms with Gasteiger partial charge in [0.2, 0.25) is 10.0 Å². The number of amides is 1. The second-order valence-electron chi connectivity index (χ2n) is 8.81. The number of hydrogen-bond acceptors (Lipinski definition) is 5. The lowest BCUT2D eigenvalue weighted by Gasteiger charge is -2.51. The van der Waals surface area contributed by atoms with Crippen LogP contribution in [0.5, 0.6) is 0 Å². The number of carbonyl (C=O) groups excluding carboxylic acids is 1. The van der Waals surface area contributed by atoms with Gasteiger partial charge < -0.3 is 10.1 Å². The van der Waals surface area contributed by atoms with Crippen molar-refractivity contribution in [3.8, 4) is 0 Å². The molecule has 1 aromatic rings. The molecule has 1 aliphatic carbocycles. The Kier molecular flexibility index (Phi) is 10.6. The van der Waals surface area contributed by atoms with Gasteiger partial charge in [-0.05, 0) is 31.4 Å². The van der Waals surface area contributed by atoms with Crippen molar-refractivity contribution >= 4 is 28.3 Å². The number of benzene rings is 1. The van der Waals surface area contributed by atoms with Gasteiger partial charge in [-0.25, -0.2) is 12.8 Å².